The molecule has 2 aromatic heterocycles. The maximum atomic E-state index is 13.4. The zero-order valence-electron chi connectivity index (χ0n) is 18.6. The number of cyclic esters (lactones) is 1. The van der Waals surface area contributed by atoms with E-state index in [1.54, 1.807) is 35.2 Å². The molecule has 1 aliphatic rings. The first kappa shape index (κ1) is 21.6. The average Bonchev–Trinajstić information content (AvgIpc) is 3.56. The number of carbonyl (C=O) groups excluding carboxylic acids is 2. The number of ether oxygens (including phenoxy) is 1. The van der Waals surface area contributed by atoms with Gasteiger partial charge in [-0.2, -0.15) is 0 Å². The number of carbonyl (C=O) groups is 2. The predicted molar refractivity (Wildman–Crippen MR) is 122 cm³/mol. The Balaban J connectivity index is 1.37. The Kier molecular flexibility index (Phi) is 5.95. The van der Waals surface area contributed by atoms with Gasteiger partial charge in [0.25, 0.3) is 11.8 Å². The van der Waals surface area contributed by atoms with Crippen molar-refractivity contribution >= 4 is 11.9 Å². The Bertz CT molecular complexity index is 1300. The molecular weight excluding hydrogens is 434 g/mol. The molecule has 4 aromatic rings. The van der Waals surface area contributed by atoms with Crippen molar-refractivity contribution < 1.29 is 23.2 Å². The molecule has 0 N–H and O–H groups in total. The molecule has 2 aromatic carbocycles. The van der Waals surface area contributed by atoms with Crippen LogP contribution in [-0.2, 0) is 17.7 Å². The largest absolute Gasteiger partial charge is 0.459 e. The van der Waals surface area contributed by atoms with Gasteiger partial charge in [-0.05, 0) is 47.9 Å². The van der Waals surface area contributed by atoms with E-state index in [2.05, 4.69) is 10.2 Å². The van der Waals surface area contributed by atoms with Crippen molar-refractivity contribution in [1.29, 1.82) is 0 Å². The monoisotopic (exact) mass is 457 g/mol. The Morgan fingerprint density at radius 3 is 2.71 bits per heavy atom. The van der Waals surface area contributed by atoms with Gasteiger partial charge in [0.2, 0.25) is 5.89 Å². The lowest BCUT2D eigenvalue weighted by molar-refractivity contribution is 0.0252. The molecule has 0 saturated carbocycles. The van der Waals surface area contributed by atoms with E-state index in [4.69, 9.17) is 13.6 Å². The number of aromatic nitrogens is 2. The third kappa shape index (κ3) is 4.34. The summed E-state index contributed by atoms with van der Waals surface area (Å²) in [6, 6.07) is 18.2. The lowest BCUT2D eigenvalue weighted by Gasteiger charge is -2.26. The fraction of sp³-hybridized carbons (Fsp3) is 0.231. The minimum Gasteiger partial charge on any atom is -0.459 e. The Morgan fingerprint density at radius 2 is 1.94 bits per heavy atom. The Hall–Kier alpha value is -4.20. The van der Waals surface area contributed by atoms with Gasteiger partial charge in [0.15, 0.2) is 5.76 Å². The van der Waals surface area contributed by atoms with Gasteiger partial charge >= 0.3 is 5.97 Å². The second kappa shape index (κ2) is 9.35. The van der Waals surface area contributed by atoms with Crippen LogP contribution in [0.3, 0.4) is 0 Å². The highest BCUT2D eigenvalue weighted by Crippen LogP contribution is 2.31. The first-order chi connectivity index (χ1) is 16.6. The topological polar surface area (TPSA) is 98.7 Å². The highest BCUT2D eigenvalue weighted by Gasteiger charge is 2.29. The SMILES string of the molecule is CCCN(Cc1nnc(-c2ccco2)o1)C(=O)c1ccc2c(c1)C[C@@H](c1ccccc1)OC2=O. The molecule has 34 heavy (non-hydrogen) atoms. The molecule has 1 atom stereocenters. The van der Waals surface area contributed by atoms with Gasteiger partial charge in [-0.3, -0.25) is 4.79 Å². The smallest absolute Gasteiger partial charge is 0.339 e. The molecule has 8 nitrogen and oxygen atoms in total. The first-order valence-corrected chi connectivity index (χ1v) is 11.2. The zero-order chi connectivity index (χ0) is 23.5. The number of hydrogen-bond acceptors (Lipinski definition) is 7. The van der Waals surface area contributed by atoms with Gasteiger partial charge in [-0.15, -0.1) is 10.2 Å². The fourth-order valence-corrected chi connectivity index (χ4v) is 4.07. The van der Waals surface area contributed by atoms with Crippen LogP contribution in [0.15, 0.2) is 75.8 Å². The molecule has 0 aliphatic carbocycles. The first-order valence-electron chi connectivity index (χ1n) is 11.2. The highest BCUT2D eigenvalue weighted by atomic mass is 16.5. The number of amides is 1. The highest BCUT2D eigenvalue weighted by molar-refractivity contribution is 5.97. The minimum atomic E-state index is -0.379. The van der Waals surface area contributed by atoms with Gasteiger partial charge in [0.1, 0.15) is 6.10 Å². The van der Waals surface area contributed by atoms with E-state index < -0.39 is 0 Å². The molecule has 0 spiro atoms. The molecule has 1 aliphatic heterocycles. The second-order valence-electron chi connectivity index (χ2n) is 8.09. The van der Waals surface area contributed by atoms with Gasteiger partial charge in [0, 0.05) is 18.5 Å². The maximum Gasteiger partial charge on any atom is 0.339 e. The summed E-state index contributed by atoms with van der Waals surface area (Å²) in [6.45, 7) is 2.69. The normalized spacial score (nSPS) is 15.0. The standard InChI is InChI=1S/C26H23N3O5/c1-2-12-29(16-23-27-28-24(34-23)21-9-6-13-32-21)25(30)18-10-11-20-19(14-18)15-22(33-26(20)31)17-7-4-3-5-8-17/h3-11,13-14,22H,2,12,15-16H2,1H3/t22-/m0/s1. The number of fused-ring (bicyclic) bond motifs is 1. The number of furan rings is 1. The van der Waals surface area contributed by atoms with E-state index in [1.165, 1.54) is 6.26 Å². The number of hydrogen-bond donors (Lipinski definition) is 0. The van der Waals surface area contributed by atoms with Crippen LogP contribution in [0.25, 0.3) is 11.7 Å². The average molecular weight is 457 g/mol. The van der Waals surface area contributed by atoms with Crippen LogP contribution >= 0.6 is 0 Å². The summed E-state index contributed by atoms with van der Waals surface area (Å²) in [5.41, 5.74) is 2.71. The third-order valence-corrected chi connectivity index (χ3v) is 5.70. The van der Waals surface area contributed by atoms with Crippen molar-refractivity contribution in [3.63, 3.8) is 0 Å². The number of esters is 1. The van der Waals surface area contributed by atoms with Crippen LogP contribution in [0.1, 0.15) is 57.2 Å². The van der Waals surface area contributed by atoms with Crippen LogP contribution in [-0.4, -0.2) is 33.5 Å². The lowest BCUT2D eigenvalue weighted by atomic mass is 9.93. The fourth-order valence-electron chi connectivity index (χ4n) is 4.07. The van der Waals surface area contributed by atoms with E-state index in [0.29, 0.717) is 35.7 Å². The van der Waals surface area contributed by atoms with Crippen LogP contribution in [0.2, 0.25) is 0 Å². The quantitative estimate of drug-likeness (QED) is 0.366. The van der Waals surface area contributed by atoms with Crippen molar-refractivity contribution in [2.45, 2.75) is 32.4 Å². The van der Waals surface area contributed by atoms with Crippen molar-refractivity contribution in [2.75, 3.05) is 6.54 Å². The van der Waals surface area contributed by atoms with E-state index in [9.17, 15) is 9.59 Å². The number of nitrogens with zero attached hydrogens (tertiary/aromatic N) is 3. The van der Waals surface area contributed by atoms with Gasteiger partial charge in [0.05, 0.1) is 18.4 Å². The zero-order valence-corrected chi connectivity index (χ0v) is 18.6. The van der Waals surface area contributed by atoms with Gasteiger partial charge in [-0.1, -0.05) is 37.3 Å². The molecule has 5 rings (SSSR count). The molecule has 0 bridgehead atoms. The van der Waals surface area contributed by atoms with Crippen molar-refractivity contribution in [2.24, 2.45) is 0 Å². The van der Waals surface area contributed by atoms with Gasteiger partial charge in [-0.25, -0.2) is 4.79 Å². The van der Waals surface area contributed by atoms with Crippen LogP contribution in [0.5, 0.6) is 0 Å². The predicted octanol–water partition coefficient (Wildman–Crippen LogP) is 4.84. The number of rotatable bonds is 7. The van der Waals surface area contributed by atoms with Crippen molar-refractivity contribution in [3.8, 4) is 11.7 Å². The third-order valence-electron chi connectivity index (χ3n) is 5.70. The molecule has 1 amide bonds. The van der Waals surface area contributed by atoms with Crippen LogP contribution in [0, 0.1) is 0 Å². The Labute approximate surface area is 196 Å². The lowest BCUT2D eigenvalue weighted by Crippen LogP contribution is -2.32. The summed E-state index contributed by atoms with van der Waals surface area (Å²) in [6.07, 6.45) is 2.42. The Morgan fingerprint density at radius 1 is 1.09 bits per heavy atom. The molecule has 0 saturated heterocycles. The van der Waals surface area contributed by atoms with E-state index in [1.807, 2.05) is 37.3 Å². The summed E-state index contributed by atoms with van der Waals surface area (Å²) >= 11 is 0. The summed E-state index contributed by atoms with van der Waals surface area (Å²) in [4.78, 5) is 27.6. The summed E-state index contributed by atoms with van der Waals surface area (Å²) in [7, 11) is 0. The maximum absolute atomic E-state index is 13.4. The number of benzene rings is 2. The van der Waals surface area contributed by atoms with Crippen molar-refractivity contribution in [3.05, 3.63) is 95.1 Å². The minimum absolute atomic E-state index is 0.169. The van der Waals surface area contributed by atoms with Crippen molar-refractivity contribution in [1.82, 2.24) is 15.1 Å². The summed E-state index contributed by atoms with van der Waals surface area (Å²) < 4.78 is 16.6. The van der Waals surface area contributed by atoms with Gasteiger partial charge < -0.3 is 18.5 Å². The molecule has 0 unspecified atom stereocenters. The van der Waals surface area contributed by atoms with Crippen LogP contribution in [0.4, 0.5) is 0 Å². The molecule has 172 valence electrons. The molecule has 8 heteroatoms. The molecule has 0 radical (unpaired) electrons. The molecular formula is C26H23N3O5. The van der Waals surface area contributed by atoms with Crippen LogP contribution < -0.4 is 0 Å². The van der Waals surface area contributed by atoms with E-state index in [0.717, 1.165) is 17.5 Å². The molecule has 0 fully saturated rings. The van der Waals surface area contributed by atoms with E-state index in [-0.39, 0.29) is 30.4 Å². The van der Waals surface area contributed by atoms with E-state index >= 15 is 0 Å². The second-order valence-corrected chi connectivity index (χ2v) is 8.09. The summed E-state index contributed by atoms with van der Waals surface area (Å²) in [5, 5.41) is 8.07. The summed E-state index contributed by atoms with van der Waals surface area (Å²) in [5.74, 6) is 0.511. The molecule has 3 heterocycles.